The van der Waals surface area contributed by atoms with Crippen molar-refractivity contribution in [3.05, 3.63) is 29.6 Å². The molecule has 2 N–H and O–H groups in total. The lowest BCUT2D eigenvalue weighted by atomic mass is 9.84. The van der Waals surface area contributed by atoms with E-state index in [4.69, 9.17) is 14.8 Å². The maximum absolute atomic E-state index is 9.85. The van der Waals surface area contributed by atoms with Crippen LogP contribution in [-0.2, 0) is 16.7 Å². The molecule has 2 atom stereocenters. The molecule has 0 aromatic carbocycles. The second-order valence-electron chi connectivity index (χ2n) is 7.70. The van der Waals surface area contributed by atoms with Crippen molar-refractivity contribution in [1.29, 1.82) is 5.26 Å². The van der Waals surface area contributed by atoms with Gasteiger partial charge in [-0.3, -0.25) is 9.78 Å². The first-order chi connectivity index (χ1) is 13.5. The van der Waals surface area contributed by atoms with Gasteiger partial charge in [0.1, 0.15) is 17.3 Å². The average molecular weight is 379 g/mol. The van der Waals surface area contributed by atoms with Gasteiger partial charge in [-0.1, -0.05) is 0 Å². The number of pyridine rings is 1. The van der Waals surface area contributed by atoms with E-state index in [1.807, 2.05) is 37.6 Å². The normalized spacial score (nSPS) is 20.4. The molecule has 1 fully saturated rings. The van der Waals surface area contributed by atoms with Crippen molar-refractivity contribution in [2.45, 2.75) is 51.8 Å². The summed E-state index contributed by atoms with van der Waals surface area (Å²) >= 11 is 0. The van der Waals surface area contributed by atoms with E-state index in [0.29, 0.717) is 13.2 Å². The Morgan fingerprint density at radius 1 is 1.43 bits per heavy atom. The lowest BCUT2D eigenvalue weighted by molar-refractivity contribution is -0.00268. The fourth-order valence-corrected chi connectivity index (χ4v) is 3.75. The van der Waals surface area contributed by atoms with Crippen LogP contribution in [0.25, 0.3) is 22.4 Å². The third-order valence-corrected chi connectivity index (χ3v) is 5.34. The number of H-pyrrole nitrogens is 1. The summed E-state index contributed by atoms with van der Waals surface area (Å²) in [6, 6.07) is 6.47. The van der Waals surface area contributed by atoms with Crippen molar-refractivity contribution >= 4 is 11.0 Å². The molecule has 0 spiro atoms. The third-order valence-electron chi connectivity index (χ3n) is 5.34. The van der Waals surface area contributed by atoms with Gasteiger partial charge < -0.3 is 10.1 Å². The van der Waals surface area contributed by atoms with Gasteiger partial charge in [0.15, 0.2) is 0 Å². The molecule has 0 saturated carbocycles. The highest BCUT2D eigenvalue weighted by atomic mass is 16.5. The van der Waals surface area contributed by atoms with E-state index in [9.17, 15) is 5.26 Å². The fraction of sp³-hybridized carbons (Fsp3) is 0.500. The summed E-state index contributed by atoms with van der Waals surface area (Å²) in [4.78, 5) is 4.98. The van der Waals surface area contributed by atoms with Crippen LogP contribution in [0.3, 0.4) is 0 Å². The fourth-order valence-electron chi connectivity index (χ4n) is 3.75. The van der Waals surface area contributed by atoms with E-state index in [1.54, 1.807) is 6.20 Å². The number of fused-ring (bicyclic) bond motifs is 1. The topological polar surface area (TPSA) is 104 Å². The molecule has 8 heteroatoms. The zero-order chi connectivity index (χ0) is 19.9. The number of nitrogens with zero attached hydrogens (tertiary/aromatic N) is 5. The highest BCUT2D eigenvalue weighted by molar-refractivity contribution is 5.92. The van der Waals surface area contributed by atoms with E-state index in [0.717, 1.165) is 40.2 Å². The van der Waals surface area contributed by atoms with Crippen molar-refractivity contribution in [2.75, 3.05) is 13.2 Å². The number of hydrogen-bond donors (Lipinski definition) is 2. The monoisotopic (exact) mass is 379 g/mol. The maximum Gasteiger partial charge on any atom is 0.136 e. The summed E-state index contributed by atoms with van der Waals surface area (Å²) in [5.74, 6) is 0. The maximum atomic E-state index is 9.85. The van der Waals surface area contributed by atoms with E-state index < -0.39 is 5.41 Å². The second-order valence-corrected chi connectivity index (χ2v) is 7.70. The molecule has 4 rings (SSSR count). The Labute approximate surface area is 163 Å². The highest BCUT2D eigenvalue weighted by Crippen LogP contribution is 2.36. The molecule has 1 aliphatic rings. The zero-order valence-corrected chi connectivity index (χ0v) is 16.7. The van der Waals surface area contributed by atoms with E-state index in [1.165, 1.54) is 0 Å². The van der Waals surface area contributed by atoms with Gasteiger partial charge in [0.05, 0.1) is 35.0 Å². The quantitative estimate of drug-likeness (QED) is 0.722. The summed E-state index contributed by atoms with van der Waals surface area (Å²) < 4.78 is 7.95. The summed E-state index contributed by atoms with van der Waals surface area (Å²) in [6.45, 7) is 10.1. The molecule has 1 saturated heterocycles. The van der Waals surface area contributed by atoms with Crippen LogP contribution < -0.4 is 5.32 Å². The zero-order valence-electron chi connectivity index (χ0n) is 16.7. The number of nitriles is 1. The Morgan fingerprint density at radius 2 is 2.25 bits per heavy atom. The predicted octanol–water partition coefficient (Wildman–Crippen LogP) is 2.69. The Hall–Kier alpha value is -2.76. The first kappa shape index (κ1) is 18.6. The standard InChI is InChI=1S/C20H25N7O/c1-5-27-18-13(20(3,4)11-21)10-15(19-12(2)22-8-9-28-19)24-17(18)16(26-27)14-6-7-23-25-14/h6-7,10,12,19,22H,5,8-9H2,1-4H3,(H,23,25)/t12?,19-/m1/s1. The molecule has 4 heterocycles. The lowest BCUT2D eigenvalue weighted by Crippen LogP contribution is -2.41. The van der Waals surface area contributed by atoms with Crippen molar-refractivity contribution < 1.29 is 4.74 Å². The van der Waals surface area contributed by atoms with E-state index in [2.05, 4.69) is 28.5 Å². The van der Waals surface area contributed by atoms with E-state index in [-0.39, 0.29) is 12.1 Å². The van der Waals surface area contributed by atoms with Crippen molar-refractivity contribution in [2.24, 2.45) is 0 Å². The number of morpholine rings is 1. The second kappa shape index (κ2) is 7.00. The van der Waals surface area contributed by atoms with Crippen LogP contribution in [0, 0.1) is 11.3 Å². The highest BCUT2D eigenvalue weighted by Gasteiger charge is 2.32. The van der Waals surface area contributed by atoms with Crippen molar-refractivity contribution in [1.82, 2.24) is 30.3 Å². The van der Waals surface area contributed by atoms with Crippen LogP contribution >= 0.6 is 0 Å². The van der Waals surface area contributed by atoms with Crippen LogP contribution in [0.1, 0.15) is 45.1 Å². The number of aryl methyl sites for hydroxylation is 1. The third kappa shape index (κ3) is 2.97. The minimum atomic E-state index is -0.695. The van der Waals surface area contributed by atoms with Crippen molar-refractivity contribution in [3.63, 3.8) is 0 Å². The van der Waals surface area contributed by atoms with Crippen LogP contribution in [0.2, 0.25) is 0 Å². The molecule has 0 radical (unpaired) electrons. The molecular formula is C20H25N7O. The molecule has 1 aliphatic heterocycles. The van der Waals surface area contributed by atoms with Gasteiger partial charge in [-0.25, -0.2) is 4.98 Å². The smallest absolute Gasteiger partial charge is 0.136 e. The summed E-state index contributed by atoms with van der Waals surface area (Å²) in [5.41, 5.74) is 4.24. The van der Waals surface area contributed by atoms with Gasteiger partial charge in [0.25, 0.3) is 0 Å². The Morgan fingerprint density at radius 3 is 2.89 bits per heavy atom. The first-order valence-corrected chi connectivity index (χ1v) is 9.64. The van der Waals surface area contributed by atoms with Gasteiger partial charge in [-0.15, -0.1) is 0 Å². The Balaban J connectivity index is 2.03. The number of aromatic amines is 1. The van der Waals surface area contributed by atoms with Gasteiger partial charge in [-0.2, -0.15) is 15.5 Å². The SMILES string of the molecule is CCn1nc(-c2ccn[nH]2)c2nc([C@@H]3OCCNC3C)cc(C(C)(C)C#N)c21. The Kier molecular flexibility index (Phi) is 4.65. The van der Waals surface area contributed by atoms with Gasteiger partial charge in [0, 0.05) is 30.9 Å². The number of nitrogens with one attached hydrogen (secondary N) is 2. The van der Waals surface area contributed by atoms with Crippen LogP contribution in [0.5, 0.6) is 0 Å². The molecule has 0 bridgehead atoms. The van der Waals surface area contributed by atoms with Gasteiger partial charge in [-0.05, 0) is 39.8 Å². The summed E-state index contributed by atoms with van der Waals surface area (Å²) in [7, 11) is 0. The lowest BCUT2D eigenvalue weighted by Gasteiger charge is -2.31. The molecule has 8 nitrogen and oxygen atoms in total. The minimum Gasteiger partial charge on any atom is -0.369 e. The Bertz CT molecular complexity index is 1030. The predicted molar refractivity (Wildman–Crippen MR) is 106 cm³/mol. The number of rotatable bonds is 4. The van der Waals surface area contributed by atoms with Crippen LogP contribution in [0.4, 0.5) is 0 Å². The van der Waals surface area contributed by atoms with Crippen LogP contribution in [0.15, 0.2) is 18.3 Å². The average Bonchev–Trinajstić information content (AvgIpc) is 3.35. The summed E-state index contributed by atoms with van der Waals surface area (Å²) in [6.07, 6.45) is 1.53. The first-order valence-electron chi connectivity index (χ1n) is 9.64. The van der Waals surface area contributed by atoms with Gasteiger partial charge in [0.2, 0.25) is 0 Å². The molecule has 0 aliphatic carbocycles. The molecule has 146 valence electrons. The molecule has 3 aromatic heterocycles. The van der Waals surface area contributed by atoms with Crippen LogP contribution in [-0.4, -0.2) is 44.2 Å². The largest absolute Gasteiger partial charge is 0.369 e. The molecule has 28 heavy (non-hydrogen) atoms. The molecule has 0 amide bonds. The molecule has 1 unspecified atom stereocenters. The van der Waals surface area contributed by atoms with Crippen molar-refractivity contribution in [3.8, 4) is 17.5 Å². The molecular weight excluding hydrogens is 354 g/mol. The minimum absolute atomic E-state index is 0.133. The van der Waals surface area contributed by atoms with Gasteiger partial charge >= 0.3 is 0 Å². The summed E-state index contributed by atoms with van der Waals surface area (Å²) in [5, 5.41) is 25.1. The number of aromatic nitrogens is 5. The number of hydrogen-bond acceptors (Lipinski definition) is 6. The number of ether oxygens (including phenoxy) is 1. The van der Waals surface area contributed by atoms with E-state index >= 15 is 0 Å². The molecule has 3 aromatic rings.